The quantitative estimate of drug-likeness (QED) is 0.563. The maximum absolute atomic E-state index is 5.61. The molecule has 0 N–H and O–H groups in total. The van der Waals surface area contributed by atoms with E-state index in [4.69, 9.17) is 23.2 Å². The van der Waals surface area contributed by atoms with Gasteiger partial charge in [-0.05, 0) is 12.3 Å². The van der Waals surface area contributed by atoms with Crippen LogP contribution in [0.4, 0.5) is 0 Å². The minimum absolute atomic E-state index is 0.511. The van der Waals surface area contributed by atoms with Crippen LogP contribution in [0.1, 0.15) is 19.8 Å². The number of allylic oxidation sites excluding steroid dienone is 1. The standard InChI is InChI=1S/C7H12Cl2/c1-3-7(5-8)4-6(2)9/h7H,2-5H2,1H3. The van der Waals surface area contributed by atoms with Crippen LogP contribution in [0.25, 0.3) is 0 Å². The SMILES string of the molecule is C=C(Cl)CC(CC)CCl. The lowest BCUT2D eigenvalue weighted by Crippen LogP contribution is -1.99. The van der Waals surface area contributed by atoms with E-state index < -0.39 is 0 Å². The van der Waals surface area contributed by atoms with E-state index in [1.807, 2.05) is 0 Å². The van der Waals surface area contributed by atoms with Crippen LogP contribution < -0.4 is 0 Å². The molecule has 0 aliphatic carbocycles. The minimum atomic E-state index is 0.511. The van der Waals surface area contributed by atoms with Gasteiger partial charge in [-0.3, -0.25) is 0 Å². The smallest absolute Gasteiger partial charge is 0.0255 e. The molecular formula is C7H12Cl2. The molecule has 2 heteroatoms. The van der Waals surface area contributed by atoms with Crippen molar-refractivity contribution in [1.29, 1.82) is 0 Å². The molecule has 54 valence electrons. The summed E-state index contributed by atoms with van der Waals surface area (Å²) < 4.78 is 0. The van der Waals surface area contributed by atoms with E-state index in [0.717, 1.165) is 12.8 Å². The minimum Gasteiger partial charge on any atom is -0.126 e. The molecule has 0 aliphatic heterocycles. The summed E-state index contributed by atoms with van der Waals surface area (Å²) in [6.45, 7) is 5.70. The Hall–Kier alpha value is 0.320. The molecule has 0 spiro atoms. The van der Waals surface area contributed by atoms with Gasteiger partial charge < -0.3 is 0 Å². The topological polar surface area (TPSA) is 0 Å². The van der Waals surface area contributed by atoms with Gasteiger partial charge in [0.15, 0.2) is 0 Å². The lowest BCUT2D eigenvalue weighted by atomic mass is 10.1. The van der Waals surface area contributed by atoms with E-state index in [2.05, 4.69) is 13.5 Å². The Balaban J connectivity index is 3.43. The molecular weight excluding hydrogens is 155 g/mol. The fraction of sp³-hybridized carbons (Fsp3) is 0.714. The van der Waals surface area contributed by atoms with Gasteiger partial charge in [0, 0.05) is 10.9 Å². The van der Waals surface area contributed by atoms with Crippen molar-refractivity contribution in [2.75, 3.05) is 5.88 Å². The lowest BCUT2D eigenvalue weighted by Gasteiger charge is -2.07. The highest BCUT2D eigenvalue weighted by atomic mass is 35.5. The first-order valence-corrected chi connectivity index (χ1v) is 4.01. The molecule has 0 aliphatic rings. The maximum Gasteiger partial charge on any atom is 0.0255 e. The van der Waals surface area contributed by atoms with E-state index in [0.29, 0.717) is 16.8 Å². The summed E-state index contributed by atoms with van der Waals surface area (Å²) in [7, 11) is 0. The summed E-state index contributed by atoms with van der Waals surface area (Å²) in [6, 6.07) is 0. The zero-order chi connectivity index (χ0) is 7.28. The average Bonchev–Trinajstić information content (AvgIpc) is 1.82. The van der Waals surface area contributed by atoms with Gasteiger partial charge >= 0.3 is 0 Å². The van der Waals surface area contributed by atoms with E-state index in [9.17, 15) is 0 Å². The number of hydrogen-bond donors (Lipinski definition) is 0. The molecule has 0 aromatic rings. The molecule has 0 aromatic heterocycles. The van der Waals surface area contributed by atoms with Crippen molar-refractivity contribution in [1.82, 2.24) is 0 Å². The Morgan fingerprint density at radius 1 is 1.67 bits per heavy atom. The molecule has 1 unspecified atom stereocenters. The first kappa shape index (κ1) is 9.32. The van der Waals surface area contributed by atoms with Gasteiger partial charge in [0.2, 0.25) is 0 Å². The van der Waals surface area contributed by atoms with Crippen LogP contribution in [0.15, 0.2) is 11.6 Å². The molecule has 0 fully saturated rings. The molecule has 0 nitrogen and oxygen atoms in total. The fourth-order valence-electron chi connectivity index (χ4n) is 0.621. The molecule has 0 saturated heterocycles. The van der Waals surface area contributed by atoms with Gasteiger partial charge in [-0.1, -0.05) is 31.5 Å². The van der Waals surface area contributed by atoms with Crippen LogP contribution in [-0.2, 0) is 0 Å². The molecule has 0 aromatic carbocycles. The van der Waals surface area contributed by atoms with Crippen molar-refractivity contribution in [3.63, 3.8) is 0 Å². The first-order valence-electron chi connectivity index (χ1n) is 3.10. The van der Waals surface area contributed by atoms with Crippen LogP contribution in [0.2, 0.25) is 0 Å². The number of alkyl halides is 1. The predicted molar refractivity (Wildman–Crippen MR) is 44.1 cm³/mol. The van der Waals surface area contributed by atoms with E-state index in [1.165, 1.54) is 0 Å². The van der Waals surface area contributed by atoms with Gasteiger partial charge in [0.25, 0.3) is 0 Å². The van der Waals surface area contributed by atoms with Crippen LogP contribution in [0.5, 0.6) is 0 Å². The molecule has 0 radical (unpaired) electrons. The van der Waals surface area contributed by atoms with Crippen molar-refractivity contribution in [3.05, 3.63) is 11.6 Å². The molecule has 0 bridgehead atoms. The van der Waals surface area contributed by atoms with Crippen molar-refractivity contribution in [3.8, 4) is 0 Å². The molecule has 0 saturated carbocycles. The van der Waals surface area contributed by atoms with Crippen molar-refractivity contribution < 1.29 is 0 Å². The first-order chi connectivity index (χ1) is 4.20. The molecule has 0 heterocycles. The highest BCUT2D eigenvalue weighted by Crippen LogP contribution is 2.17. The zero-order valence-electron chi connectivity index (χ0n) is 5.66. The number of rotatable bonds is 4. The Bertz CT molecular complexity index is 84.9. The second-order valence-corrected chi connectivity index (χ2v) is 2.99. The highest BCUT2D eigenvalue weighted by molar-refractivity contribution is 6.29. The second kappa shape index (κ2) is 5.13. The summed E-state index contributed by atoms with van der Waals surface area (Å²) >= 11 is 11.2. The summed E-state index contributed by atoms with van der Waals surface area (Å²) in [5.41, 5.74) is 0. The average molecular weight is 167 g/mol. The number of hydrogen-bond acceptors (Lipinski definition) is 0. The van der Waals surface area contributed by atoms with E-state index in [1.54, 1.807) is 0 Å². The Morgan fingerprint density at radius 3 is 2.33 bits per heavy atom. The Kier molecular flexibility index (Phi) is 5.31. The van der Waals surface area contributed by atoms with E-state index in [-0.39, 0.29) is 0 Å². The lowest BCUT2D eigenvalue weighted by molar-refractivity contribution is 0.574. The zero-order valence-corrected chi connectivity index (χ0v) is 7.17. The number of halogens is 2. The summed E-state index contributed by atoms with van der Waals surface area (Å²) in [5.74, 6) is 1.19. The molecule has 1 atom stereocenters. The van der Waals surface area contributed by atoms with Crippen molar-refractivity contribution >= 4 is 23.2 Å². The normalized spacial score (nSPS) is 13.2. The predicted octanol–water partition coefficient (Wildman–Crippen LogP) is 3.39. The third kappa shape index (κ3) is 4.80. The van der Waals surface area contributed by atoms with Crippen molar-refractivity contribution in [2.45, 2.75) is 19.8 Å². The van der Waals surface area contributed by atoms with Crippen LogP contribution in [-0.4, -0.2) is 5.88 Å². The maximum atomic E-state index is 5.61. The van der Waals surface area contributed by atoms with E-state index >= 15 is 0 Å². The Labute approximate surface area is 66.8 Å². The highest BCUT2D eigenvalue weighted by Gasteiger charge is 2.03. The van der Waals surface area contributed by atoms with Crippen LogP contribution >= 0.6 is 23.2 Å². The third-order valence-electron chi connectivity index (χ3n) is 1.31. The molecule has 9 heavy (non-hydrogen) atoms. The van der Waals surface area contributed by atoms with Gasteiger partial charge in [0.05, 0.1) is 0 Å². The fourth-order valence-corrected chi connectivity index (χ4v) is 1.17. The molecule has 0 amide bonds. The second-order valence-electron chi connectivity index (χ2n) is 2.15. The Morgan fingerprint density at radius 2 is 2.22 bits per heavy atom. The monoisotopic (exact) mass is 166 g/mol. The van der Waals surface area contributed by atoms with Crippen LogP contribution in [0, 0.1) is 5.92 Å². The molecule has 0 rings (SSSR count). The largest absolute Gasteiger partial charge is 0.126 e. The van der Waals surface area contributed by atoms with Crippen LogP contribution in [0.3, 0.4) is 0 Å². The van der Waals surface area contributed by atoms with Gasteiger partial charge in [-0.2, -0.15) is 0 Å². The third-order valence-corrected chi connectivity index (χ3v) is 1.90. The van der Waals surface area contributed by atoms with Crippen molar-refractivity contribution in [2.24, 2.45) is 5.92 Å². The van der Waals surface area contributed by atoms with Gasteiger partial charge in [-0.25, -0.2) is 0 Å². The summed E-state index contributed by atoms with van der Waals surface area (Å²) in [5, 5.41) is 0.711. The van der Waals surface area contributed by atoms with Gasteiger partial charge in [-0.15, -0.1) is 11.6 Å². The van der Waals surface area contributed by atoms with Gasteiger partial charge in [0.1, 0.15) is 0 Å². The summed E-state index contributed by atoms with van der Waals surface area (Å²) in [4.78, 5) is 0. The summed E-state index contributed by atoms with van der Waals surface area (Å²) in [6.07, 6.45) is 1.93.